The molecule has 0 saturated heterocycles. The number of rotatable bonds is 4. The third-order valence-corrected chi connectivity index (χ3v) is 3.36. The Kier molecular flexibility index (Phi) is 4.33. The molecule has 1 heterocycles. The van der Waals surface area contributed by atoms with Crippen LogP contribution >= 0.6 is 0 Å². The number of hydrogen-bond donors (Lipinski definition) is 2. The van der Waals surface area contributed by atoms with Crippen molar-refractivity contribution in [3.05, 3.63) is 29.8 Å². The first-order valence-corrected chi connectivity index (χ1v) is 7.12. The third kappa shape index (κ3) is 3.97. The quantitative estimate of drug-likeness (QED) is 0.887. The van der Waals surface area contributed by atoms with Gasteiger partial charge in [0.25, 0.3) is 0 Å². The summed E-state index contributed by atoms with van der Waals surface area (Å²) in [5.41, 5.74) is 7.23. The van der Waals surface area contributed by atoms with Crippen LogP contribution in [0.5, 0.6) is 5.75 Å². The highest BCUT2D eigenvalue weighted by Gasteiger charge is 2.26. The molecule has 0 bridgehead atoms. The van der Waals surface area contributed by atoms with E-state index in [1.54, 1.807) is 0 Å². The molecule has 0 fully saturated rings. The largest absolute Gasteiger partial charge is 0.491 e. The van der Waals surface area contributed by atoms with Crippen molar-refractivity contribution in [1.29, 1.82) is 0 Å². The van der Waals surface area contributed by atoms with Crippen molar-refractivity contribution in [1.82, 2.24) is 5.32 Å². The molecule has 1 amide bonds. The molecule has 0 aromatic heterocycles. The van der Waals surface area contributed by atoms with Crippen molar-refractivity contribution in [3.8, 4) is 5.75 Å². The van der Waals surface area contributed by atoms with Gasteiger partial charge in [0, 0.05) is 18.0 Å². The van der Waals surface area contributed by atoms with Gasteiger partial charge in [0.15, 0.2) is 0 Å². The fourth-order valence-electron chi connectivity index (χ4n) is 2.63. The Hall–Kier alpha value is -1.55. The summed E-state index contributed by atoms with van der Waals surface area (Å²) in [6, 6.07) is 7.64. The normalized spacial score (nSPS) is 19.1. The monoisotopic (exact) mass is 276 g/mol. The first-order chi connectivity index (χ1) is 9.35. The molecule has 4 heteroatoms. The molecule has 0 saturated carbocycles. The maximum absolute atomic E-state index is 12.1. The third-order valence-electron chi connectivity index (χ3n) is 3.36. The Morgan fingerprint density at radius 1 is 1.45 bits per heavy atom. The smallest absolute Gasteiger partial charge is 0.222 e. The maximum atomic E-state index is 12.1. The molecule has 110 valence electrons. The summed E-state index contributed by atoms with van der Waals surface area (Å²) in [5, 5.41) is 3.01. The zero-order valence-electron chi connectivity index (χ0n) is 12.5. The molecule has 2 atom stereocenters. The van der Waals surface area contributed by atoms with Crippen LogP contribution in [-0.4, -0.2) is 18.6 Å². The van der Waals surface area contributed by atoms with Crippen LogP contribution < -0.4 is 15.8 Å². The summed E-state index contributed by atoms with van der Waals surface area (Å²) in [7, 11) is 0. The number of amides is 1. The van der Waals surface area contributed by atoms with Crippen molar-refractivity contribution in [2.45, 2.75) is 45.7 Å². The second-order valence-electron chi connectivity index (χ2n) is 6.70. The molecule has 3 N–H and O–H groups in total. The second kappa shape index (κ2) is 5.83. The van der Waals surface area contributed by atoms with E-state index in [0.717, 1.165) is 17.7 Å². The van der Waals surface area contributed by atoms with Gasteiger partial charge in [-0.15, -0.1) is 0 Å². The van der Waals surface area contributed by atoms with Crippen molar-refractivity contribution in [3.63, 3.8) is 0 Å². The van der Waals surface area contributed by atoms with Gasteiger partial charge in [-0.1, -0.05) is 39.0 Å². The lowest BCUT2D eigenvalue weighted by molar-refractivity contribution is -0.122. The Labute approximate surface area is 120 Å². The number of fused-ring (bicyclic) bond motifs is 1. The predicted octanol–water partition coefficient (Wildman–Crippen LogP) is 2.39. The predicted molar refractivity (Wildman–Crippen MR) is 79.5 cm³/mol. The van der Waals surface area contributed by atoms with Crippen molar-refractivity contribution in [2.24, 2.45) is 11.1 Å². The van der Waals surface area contributed by atoms with Crippen molar-refractivity contribution in [2.75, 3.05) is 6.61 Å². The highest BCUT2D eigenvalue weighted by molar-refractivity contribution is 5.77. The first kappa shape index (κ1) is 14.9. The Morgan fingerprint density at radius 2 is 2.15 bits per heavy atom. The zero-order valence-corrected chi connectivity index (χ0v) is 12.5. The minimum absolute atomic E-state index is 0.00736. The van der Waals surface area contributed by atoms with Crippen LogP contribution in [0.3, 0.4) is 0 Å². The van der Waals surface area contributed by atoms with Crippen LogP contribution in [0.25, 0.3) is 0 Å². The molecule has 1 aliphatic rings. The zero-order chi connectivity index (χ0) is 14.8. The molecular formula is C16H24N2O2. The molecule has 1 aliphatic heterocycles. The highest BCUT2D eigenvalue weighted by Crippen LogP contribution is 2.31. The van der Waals surface area contributed by atoms with E-state index >= 15 is 0 Å². The summed E-state index contributed by atoms with van der Waals surface area (Å²) in [5.74, 6) is 0.851. The van der Waals surface area contributed by atoms with E-state index in [2.05, 4.69) is 26.1 Å². The minimum atomic E-state index is -0.104. The Bertz CT molecular complexity index is 480. The van der Waals surface area contributed by atoms with Crippen LogP contribution in [-0.2, 0) is 4.79 Å². The maximum Gasteiger partial charge on any atom is 0.222 e. The van der Waals surface area contributed by atoms with Gasteiger partial charge in [-0.05, 0) is 17.9 Å². The summed E-state index contributed by atoms with van der Waals surface area (Å²) in [4.78, 5) is 12.1. The van der Waals surface area contributed by atoms with Gasteiger partial charge in [-0.25, -0.2) is 0 Å². The molecule has 4 nitrogen and oxygen atoms in total. The molecule has 1 aromatic carbocycles. The van der Waals surface area contributed by atoms with E-state index in [9.17, 15) is 4.79 Å². The van der Waals surface area contributed by atoms with Crippen LogP contribution in [0.15, 0.2) is 24.3 Å². The second-order valence-corrected chi connectivity index (χ2v) is 6.70. The van der Waals surface area contributed by atoms with Gasteiger partial charge in [0.05, 0.1) is 6.04 Å². The molecule has 0 radical (unpaired) electrons. The highest BCUT2D eigenvalue weighted by atomic mass is 16.5. The van der Waals surface area contributed by atoms with Crippen molar-refractivity contribution < 1.29 is 9.53 Å². The number of ether oxygens (including phenoxy) is 1. The van der Waals surface area contributed by atoms with Gasteiger partial charge >= 0.3 is 0 Å². The number of hydrogen-bond acceptors (Lipinski definition) is 3. The van der Waals surface area contributed by atoms with Crippen LogP contribution in [0.1, 0.15) is 45.2 Å². The van der Waals surface area contributed by atoms with Gasteiger partial charge < -0.3 is 15.8 Å². The molecule has 2 unspecified atom stereocenters. The lowest BCUT2D eigenvalue weighted by Gasteiger charge is -2.23. The fourth-order valence-corrected chi connectivity index (χ4v) is 2.63. The number of para-hydroxylation sites is 1. The number of carbonyl (C=O) groups is 1. The molecule has 2 rings (SSSR count). The molecule has 0 spiro atoms. The molecule has 0 aliphatic carbocycles. The van der Waals surface area contributed by atoms with E-state index in [4.69, 9.17) is 10.5 Å². The van der Waals surface area contributed by atoms with Crippen LogP contribution in [0.4, 0.5) is 0 Å². The number of nitrogens with one attached hydrogen (secondary N) is 1. The first-order valence-electron chi connectivity index (χ1n) is 7.12. The van der Waals surface area contributed by atoms with E-state index in [0.29, 0.717) is 13.0 Å². The Balaban J connectivity index is 1.87. The standard InChI is InChI=1S/C16H24N2O2/c1-16(2,3)9-11(17)8-15(19)18-13-10-20-14-7-5-4-6-12(13)14/h4-7,11,13H,8-10,17H2,1-3H3,(H,18,19). The van der Waals surface area contributed by atoms with Gasteiger partial charge in [0.1, 0.15) is 12.4 Å². The summed E-state index contributed by atoms with van der Waals surface area (Å²) < 4.78 is 5.55. The number of benzene rings is 1. The SMILES string of the molecule is CC(C)(C)CC(N)CC(=O)NC1COc2ccccc21. The fraction of sp³-hybridized carbons (Fsp3) is 0.562. The van der Waals surface area contributed by atoms with E-state index in [-0.39, 0.29) is 23.4 Å². The average molecular weight is 276 g/mol. The topological polar surface area (TPSA) is 64.4 Å². The molecule has 20 heavy (non-hydrogen) atoms. The summed E-state index contributed by atoms with van der Waals surface area (Å²) in [6.45, 7) is 6.89. The summed E-state index contributed by atoms with van der Waals surface area (Å²) in [6.07, 6.45) is 1.19. The number of carbonyl (C=O) groups excluding carboxylic acids is 1. The van der Waals surface area contributed by atoms with Crippen LogP contribution in [0.2, 0.25) is 0 Å². The van der Waals surface area contributed by atoms with Crippen molar-refractivity contribution >= 4 is 5.91 Å². The summed E-state index contributed by atoms with van der Waals surface area (Å²) >= 11 is 0. The van der Waals surface area contributed by atoms with Gasteiger partial charge in [-0.2, -0.15) is 0 Å². The minimum Gasteiger partial charge on any atom is -0.491 e. The number of nitrogens with two attached hydrogens (primary N) is 1. The van der Waals surface area contributed by atoms with E-state index in [1.165, 1.54) is 0 Å². The van der Waals surface area contributed by atoms with E-state index < -0.39 is 0 Å². The Morgan fingerprint density at radius 3 is 2.85 bits per heavy atom. The van der Waals surface area contributed by atoms with Gasteiger partial charge in [0.2, 0.25) is 5.91 Å². The van der Waals surface area contributed by atoms with Gasteiger partial charge in [-0.3, -0.25) is 4.79 Å². The van der Waals surface area contributed by atoms with E-state index in [1.807, 2.05) is 24.3 Å². The van der Waals surface area contributed by atoms with Crippen LogP contribution in [0, 0.1) is 5.41 Å². The lowest BCUT2D eigenvalue weighted by Crippen LogP contribution is -2.36. The molecule has 1 aromatic rings. The average Bonchev–Trinajstić information content (AvgIpc) is 2.70. The lowest BCUT2D eigenvalue weighted by atomic mass is 9.87. The molecular weight excluding hydrogens is 252 g/mol.